The molecule has 2 aliphatic rings. The van der Waals surface area contributed by atoms with Crippen molar-refractivity contribution in [3.63, 3.8) is 0 Å². The molecule has 32 heavy (non-hydrogen) atoms. The second-order valence-electron chi connectivity index (χ2n) is 8.26. The average Bonchev–Trinajstić information content (AvgIpc) is 2.83. The van der Waals surface area contributed by atoms with Crippen molar-refractivity contribution < 1.29 is 19.1 Å². The standard InChI is InChI=1S/C25H31N3O4/c1-31-23-7-3-2-6-22(23)28-15-13-27(14-16-28)12-4-5-17-32-25(30)20-9-8-19-10-11-24(29)26-21(19)18-20/h2-3,6-9,18H,4-5,10-17H2,1H3,(H,26,29). The van der Waals surface area contributed by atoms with E-state index in [2.05, 4.69) is 21.2 Å². The molecule has 2 heterocycles. The van der Waals surface area contributed by atoms with Crippen molar-refractivity contribution in [1.82, 2.24) is 4.90 Å². The molecule has 4 rings (SSSR count). The highest BCUT2D eigenvalue weighted by Crippen LogP contribution is 2.28. The first kappa shape index (κ1) is 22.1. The number of carbonyl (C=O) groups excluding carboxylic acids is 2. The zero-order valence-electron chi connectivity index (χ0n) is 18.6. The van der Waals surface area contributed by atoms with Crippen LogP contribution in [-0.2, 0) is 16.0 Å². The van der Waals surface area contributed by atoms with Gasteiger partial charge in [-0.05, 0) is 55.6 Å². The van der Waals surface area contributed by atoms with Crippen molar-refractivity contribution in [2.75, 3.05) is 56.7 Å². The molecule has 0 spiro atoms. The number of nitrogens with one attached hydrogen (secondary N) is 1. The molecule has 2 aromatic rings. The van der Waals surface area contributed by atoms with Gasteiger partial charge in [-0.25, -0.2) is 4.79 Å². The van der Waals surface area contributed by atoms with Crippen LogP contribution in [0.15, 0.2) is 42.5 Å². The van der Waals surface area contributed by atoms with Gasteiger partial charge in [0.2, 0.25) is 5.91 Å². The number of para-hydroxylation sites is 2. The van der Waals surface area contributed by atoms with Crippen molar-refractivity contribution in [2.24, 2.45) is 0 Å². The number of hydrogen-bond donors (Lipinski definition) is 1. The molecule has 7 nitrogen and oxygen atoms in total. The van der Waals surface area contributed by atoms with Gasteiger partial charge >= 0.3 is 5.97 Å². The Bertz CT molecular complexity index is 954. The Morgan fingerprint density at radius 2 is 1.84 bits per heavy atom. The van der Waals surface area contributed by atoms with Crippen LogP contribution in [0.4, 0.5) is 11.4 Å². The maximum atomic E-state index is 12.3. The van der Waals surface area contributed by atoms with Crippen LogP contribution in [0.2, 0.25) is 0 Å². The van der Waals surface area contributed by atoms with Crippen molar-refractivity contribution >= 4 is 23.3 Å². The largest absolute Gasteiger partial charge is 0.495 e. The zero-order valence-corrected chi connectivity index (χ0v) is 18.6. The van der Waals surface area contributed by atoms with Gasteiger partial charge < -0.3 is 19.7 Å². The number of ether oxygens (including phenoxy) is 2. The lowest BCUT2D eigenvalue weighted by molar-refractivity contribution is -0.116. The van der Waals surface area contributed by atoms with Crippen molar-refractivity contribution in [2.45, 2.75) is 25.7 Å². The summed E-state index contributed by atoms with van der Waals surface area (Å²) in [4.78, 5) is 28.7. The second-order valence-corrected chi connectivity index (χ2v) is 8.26. The first-order valence-corrected chi connectivity index (χ1v) is 11.3. The summed E-state index contributed by atoms with van der Waals surface area (Å²) in [5.41, 5.74) is 3.43. The summed E-state index contributed by atoms with van der Waals surface area (Å²) < 4.78 is 10.9. The van der Waals surface area contributed by atoms with Gasteiger partial charge in [0.05, 0.1) is 25.0 Å². The van der Waals surface area contributed by atoms with Gasteiger partial charge in [0.1, 0.15) is 5.75 Å². The lowest BCUT2D eigenvalue weighted by Gasteiger charge is -2.36. The van der Waals surface area contributed by atoms with Crippen molar-refractivity contribution in [1.29, 1.82) is 0 Å². The molecule has 1 fully saturated rings. The number of anilines is 2. The molecule has 1 N–H and O–H groups in total. The van der Waals surface area contributed by atoms with E-state index in [0.29, 0.717) is 25.0 Å². The maximum Gasteiger partial charge on any atom is 0.338 e. The topological polar surface area (TPSA) is 71.1 Å². The highest BCUT2D eigenvalue weighted by atomic mass is 16.5. The number of methoxy groups -OCH3 is 1. The van der Waals surface area contributed by atoms with E-state index in [4.69, 9.17) is 9.47 Å². The van der Waals surface area contributed by atoms with Gasteiger partial charge in [0.25, 0.3) is 0 Å². The fourth-order valence-electron chi connectivity index (χ4n) is 4.29. The molecule has 7 heteroatoms. The number of amides is 1. The fraction of sp³-hybridized carbons (Fsp3) is 0.440. The monoisotopic (exact) mass is 437 g/mol. The van der Waals surface area contributed by atoms with Gasteiger partial charge in [-0.3, -0.25) is 9.69 Å². The average molecular weight is 438 g/mol. The highest BCUT2D eigenvalue weighted by Gasteiger charge is 2.20. The smallest absolute Gasteiger partial charge is 0.338 e. The molecule has 0 aromatic heterocycles. The number of nitrogens with zero attached hydrogens (tertiary/aromatic N) is 2. The van der Waals surface area contributed by atoms with Crippen molar-refractivity contribution in [3.8, 4) is 5.75 Å². The third kappa shape index (κ3) is 5.40. The number of carbonyl (C=O) groups is 2. The second kappa shape index (κ2) is 10.5. The summed E-state index contributed by atoms with van der Waals surface area (Å²) in [6, 6.07) is 13.6. The molecule has 1 amide bonds. The molecular formula is C25H31N3O4. The Morgan fingerprint density at radius 3 is 2.66 bits per heavy atom. The van der Waals surface area contributed by atoms with Gasteiger partial charge in [0, 0.05) is 38.3 Å². The molecule has 0 aliphatic carbocycles. The number of hydrogen-bond acceptors (Lipinski definition) is 6. The van der Waals surface area contributed by atoms with Crippen LogP contribution in [0.3, 0.4) is 0 Å². The van der Waals surface area contributed by atoms with E-state index in [-0.39, 0.29) is 11.9 Å². The molecule has 2 aromatic carbocycles. The quantitative estimate of drug-likeness (QED) is 0.505. The number of benzene rings is 2. The van der Waals surface area contributed by atoms with E-state index in [1.165, 1.54) is 0 Å². The molecular weight excluding hydrogens is 406 g/mol. The first-order valence-electron chi connectivity index (χ1n) is 11.3. The Hall–Kier alpha value is -3.06. The minimum atomic E-state index is -0.335. The van der Waals surface area contributed by atoms with Gasteiger partial charge in [0.15, 0.2) is 0 Å². The van der Waals surface area contributed by atoms with Crippen LogP contribution >= 0.6 is 0 Å². The third-order valence-corrected chi connectivity index (χ3v) is 6.14. The van der Waals surface area contributed by atoms with E-state index in [9.17, 15) is 9.59 Å². The number of aryl methyl sites for hydroxylation is 1. The van der Waals surface area contributed by atoms with Crippen molar-refractivity contribution in [3.05, 3.63) is 53.6 Å². The summed E-state index contributed by atoms with van der Waals surface area (Å²) in [6.45, 7) is 5.39. The van der Waals surface area contributed by atoms with Crippen LogP contribution in [0.5, 0.6) is 5.75 Å². The van der Waals surface area contributed by atoms with E-state index in [0.717, 1.165) is 68.3 Å². The molecule has 1 saturated heterocycles. The Kier molecular flexibility index (Phi) is 7.27. The zero-order chi connectivity index (χ0) is 22.3. The molecule has 0 saturated carbocycles. The first-order chi connectivity index (χ1) is 15.6. The third-order valence-electron chi connectivity index (χ3n) is 6.14. The normalized spacial score (nSPS) is 16.3. The SMILES string of the molecule is COc1ccccc1N1CCN(CCCCOC(=O)c2ccc3c(c2)NC(=O)CC3)CC1. The van der Waals surface area contributed by atoms with Crippen LogP contribution in [-0.4, -0.2) is 63.2 Å². The number of rotatable bonds is 8. The summed E-state index contributed by atoms with van der Waals surface area (Å²) in [5, 5.41) is 2.83. The van der Waals surface area contributed by atoms with Gasteiger partial charge in [-0.1, -0.05) is 18.2 Å². The number of fused-ring (bicyclic) bond motifs is 1. The fourth-order valence-corrected chi connectivity index (χ4v) is 4.29. The van der Waals surface area contributed by atoms with E-state index >= 15 is 0 Å². The molecule has 0 radical (unpaired) electrons. The summed E-state index contributed by atoms with van der Waals surface area (Å²) in [5.74, 6) is 0.578. The van der Waals surface area contributed by atoms with E-state index in [1.807, 2.05) is 24.3 Å². The molecule has 0 atom stereocenters. The van der Waals surface area contributed by atoms with Crippen LogP contribution in [0.25, 0.3) is 0 Å². The lowest BCUT2D eigenvalue weighted by atomic mass is 10.0. The maximum absolute atomic E-state index is 12.3. The predicted molar refractivity (Wildman–Crippen MR) is 125 cm³/mol. The Labute approximate surface area is 189 Å². The highest BCUT2D eigenvalue weighted by molar-refractivity contribution is 5.97. The van der Waals surface area contributed by atoms with Crippen LogP contribution in [0, 0.1) is 0 Å². The van der Waals surface area contributed by atoms with Gasteiger partial charge in [-0.2, -0.15) is 0 Å². The number of esters is 1. The Balaban J connectivity index is 1.15. The lowest BCUT2D eigenvalue weighted by Crippen LogP contribution is -2.46. The summed E-state index contributed by atoms with van der Waals surface area (Å²) >= 11 is 0. The molecule has 170 valence electrons. The molecule has 2 aliphatic heterocycles. The number of unbranched alkanes of at least 4 members (excludes halogenated alkanes) is 1. The van der Waals surface area contributed by atoms with E-state index < -0.39 is 0 Å². The summed E-state index contributed by atoms with van der Waals surface area (Å²) in [6.07, 6.45) is 3.03. The van der Waals surface area contributed by atoms with E-state index in [1.54, 1.807) is 19.2 Å². The molecule has 0 bridgehead atoms. The molecule has 0 unspecified atom stereocenters. The Morgan fingerprint density at radius 1 is 1.03 bits per heavy atom. The minimum absolute atomic E-state index is 0.00763. The summed E-state index contributed by atoms with van der Waals surface area (Å²) in [7, 11) is 1.71. The van der Waals surface area contributed by atoms with Crippen LogP contribution < -0.4 is 15.0 Å². The van der Waals surface area contributed by atoms with Crippen LogP contribution in [0.1, 0.15) is 35.2 Å². The predicted octanol–water partition coefficient (Wildman–Crippen LogP) is 3.34. The van der Waals surface area contributed by atoms with Gasteiger partial charge in [-0.15, -0.1) is 0 Å². The minimum Gasteiger partial charge on any atom is -0.495 e. The number of piperazine rings is 1.